The number of halogens is 2. The molecule has 112 valence electrons. The van der Waals surface area contributed by atoms with Crippen LogP contribution < -0.4 is 5.32 Å². The molecule has 0 saturated carbocycles. The Morgan fingerprint density at radius 2 is 2.10 bits per heavy atom. The molecule has 0 amide bonds. The van der Waals surface area contributed by atoms with Gasteiger partial charge in [-0.25, -0.2) is 0 Å². The van der Waals surface area contributed by atoms with E-state index in [0.29, 0.717) is 0 Å². The lowest BCUT2D eigenvalue weighted by Crippen LogP contribution is -2.25. The Morgan fingerprint density at radius 1 is 1.29 bits per heavy atom. The molecule has 1 N–H and O–H groups in total. The summed E-state index contributed by atoms with van der Waals surface area (Å²) < 4.78 is 1.00. The Labute approximate surface area is 140 Å². The number of hydrogen-bond donors (Lipinski definition) is 1. The summed E-state index contributed by atoms with van der Waals surface area (Å²) >= 11 is 9.69. The zero-order chi connectivity index (χ0) is 15.2. The van der Waals surface area contributed by atoms with Crippen molar-refractivity contribution in [2.24, 2.45) is 0 Å². The molecular weight excluding hydrogens is 348 g/mol. The van der Waals surface area contributed by atoms with E-state index in [2.05, 4.69) is 52.2 Å². The van der Waals surface area contributed by atoms with E-state index in [1.807, 2.05) is 24.4 Å². The fourth-order valence-electron chi connectivity index (χ4n) is 2.35. The van der Waals surface area contributed by atoms with Crippen LogP contribution in [0.4, 0.5) is 0 Å². The van der Waals surface area contributed by atoms with Gasteiger partial charge in [0, 0.05) is 33.8 Å². The SMILES string of the molecule is CCCNC(Cc1ccc(Br)cn1)c1cccc(Cl)c1C. The van der Waals surface area contributed by atoms with Crippen molar-refractivity contribution >= 4 is 27.5 Å². The molecule has 0 spiro atoms. The topological polar surface area (TPSA) is 24.9 Å². The minimum absolute atomic E-state index is 0.234. The fraction of sp³-hybridized carbons (Fsp3) is 0.353. The molecule has 0 saturated heterocycles. The predicted octanol–water partition coefficient (Wildman–Crippen LogP) is 5.09. The summed E-state index contributed by atoms with van der Waals surface area (Å²) in [5.74, 6) is 0. The molecular formula is C17H20BrClN2. The quantitative estimate of drug-likeness (QED) is 0.769. The van der Waals surface area contributed by atoms with Crippen LogP contribution >= 0.6 is 27.5 Å². The van der Waals surface area contributed by atoms with Gasteiger partial charge in [0.15, 0.2) is 0 Å². The molecule has 0 aliphatic rings. The van der Waals surface area contributed by atoms with Crippen LogP contribution in [-0.2, 0) is 6.42 Å². The van der Waals surface area contributed by atoms with Gasteiger partial charge in [0.25, 0.3) is 0 Å². The molecule has 0 aliphatic heterocycles. The summed E-state index contributed by atoms with van der Waals surface area (Å²) in [5.41, 5.74) is 3.47. The number of rotatable bonds is 6. The highest BCUT2D eigenvalue weighted by atomic mass is 79.9. The largest absolute Gasteiger partial charge is 0.310 e. The van der Waals surface area contributed by atoms with Crippen molar-refractivity contribution in [2.75, 3.05) is 6.54 Å². The summed E-state index contributed by atoms with van der Waals surface area (Å²) in [6, 6.07) is 10.4. The number of nitrogens with one attached hydrogen (secondary N) is 1. The first-order valence-electron chi connectivity index (χ1n) is 7.20. The average Bonchev–Trinajstić information content (AvgIpc) is 2.48. The predicted molar refractivity (Wildman–Crippen MR) is 92.9 cm³/mol. The molecule has 1 aromatic carbocycles. The first-order chi connectivity index (χ1) is 10.1. The van der Waals surface area contributed by atoms with Crippen molar-refractivity contribution in [1.29, 1.82) is 0 Å². The van der Waals surface area contributed by atoms with Crippen molar-refractivity contribution in [3.05, 3.63) is 62.8 Å². The van der Waals surface area contributed by atoms with Crippen LogP contribution in [0.2, 0.25) is 5.02 Å². The number of nitrogens with zero attached hydrogens (tertiary/aromatic N) is 1. The lowest BCUT2D eigenvalue weighted by atomic mass is 9.97. The maximum atomic E-state index is 6.27. The van der Waals surface area contributed by atoms with E-state index in [0.717, 1.165) is 40.1 Å². The molecule has 2 nitrogen and oxygen atoms in total. The van der Waals surface area contributed by atoms with Gasteiger partial charge in [-0.05, 0) is 65.1 Å². The first-order valence-corrected chi connectivity index (χ1v) is 8.37. The normalized spacial score (nSPS) is 12.4. The van der Waals surface area contributed by atoms with Crippen molar-refractivity contribution in [1.82, 2.24) is 10.3 Å². The van der Waals surface area contributed by atoms with E-state index in [4.69, 9.17) is 11.6 Å². The third-order valence-corrected chi connectivity index (χ3v) is 4.41. The molecule has 0 fully saturated rings. The maximum Gasteiger partial charge on any atom is 0.0438 e. The van der Waals surface area contributed by atoms with Crippen molar-refractivity contribution in [3.63, 3.8) is 0 Å². The van der Waals surface area contributed by atoms with Crippen LogP contribution in [0.15, 0.2) is 41.0 Å². The molecule has 1 aromatic heterocycles. The minimum Gasteiger partial charge on any atom is -0.310 e. The maximum absolute atomic E-state index is 6.27. The highest BCUT2D eigenvalue weighted by molar-refractivity contribution is 9.10. The molecule has 1 unspecified atom stereocenters. The molecule has 0 radical (unpaired) electrons. The van der Waals surface area contributed by atoms with Gasteiger partial charge >= 0.3 is 0 Å². The zero-order valence-electron chi connectivity index (χ0n) is 12.4. The van der Waals surface area contributed by atoms with Gasteiger partial charge in [0.05, 0.1) is 0 Å². The highest BCUT2D eigenvalue weighted by Gasteiger charge is 2.15. The van der Waals surface area contributed by atoms with E-state index < -0.39 is 0 Å². The lowest BCUT2D eigenvalue weighted by molar-refractivity contribution is 0.522. The molecule has 1 heterocycles. The molecule has 2 aromatic rings. The Morgan fingerprint density at radius 3 is 2.76 bits per heavy atom. The zero-order valence-corrected chi connectivity index (χ0v) is 14.7. The van der Waals surface area contributed by atoms with Crippen LogP contribution in [0.1, 0.15) is 36.2 Å². The van der Waals surface area contributed by atoms with Gasteiger partial charge in [0.2, 0.25) is 0 Å². The number of pyridine rings is 1. The second kappa shape index (κ2) is 7.92. The smallest absolute Gasteiger partial charge is 0.0438 e. The summed E-state index contributed by atoms with van der Waals surface area (Å²) in [5, 5.41) is 4.43. The van der Waals surface area contributed by atoms with Crippen LogP contribution in [0, 0.1) is 6.92 Å². The summed E-state index contributed by atoms with van der Waals surface area (Å²) in [6.07, 6.45) is 3.80. The standard InChI is InChI=1S/C17H20BrClN2/c1-3-9-20-17(10-14-8-7-13(18)11-21-14)15-5-4-6-16(19)12(15)2/h4-8,11,17,20H,3,9-10H2,1-2H3. The minimum atomic E-state index is 0.234. The van der Waals surface area contributed by atoms with E-state index >= 15 is 0 Å². The second-order valence-corrected chi connectivity index (χ2v) is 6.46. The van der Waals surface area contributed by atoms with Gasteiger partial charge in [-0.2, -0.15) is 0 Å². The Hall–Kier alpha value is -0.900. The van der Waals surface area contributed by atoms with Gasteiger partial charge in [-0.1, -0.05) is 30.7 Å². The van der Waals surface area contributed by atoms with Gasteiger partial charge < -0.3 is 5.32 Å². The third kappa shape index (κ3) is 4.53. The Balaban J connectivity index is 2.25. The van der Waals surface area contributed by atoms with Gasteiger partial charge in [-0.3, -0.25) is 4.98 Å². The lowest BCUT2D eigenvalue weighted by Gasteiger charge is -2.21. The molecule has 1 atom stereocenters. The van der Waals surface area contributed by atoms with Crippen LogP contribution in [0.25, 0.3) is 0 Å². The Bertz CT molecular complexity index is 584. The average molecular weight is 368 g/mol. The molecule has 2 rings (SSSR count). The number of hydrogen-bond acceptors (Lipinski definition) is 2. The summed E-state index contributed by atoms with van der Waals surface area (Å²) in [6.45, 7) is 5.23. The van der Waals surface area contributed by atoms with E-state index in [1.54, 1.807) is 0 Å². The first kappa shape index (κ1) is 16.5. The number of benzene rings is 1. The summed E-state index contributed by atoms with van der Waals surface area (Å²) in [7, 11) is 0. The number of aromatic nitrogens is 1. The van der Waals surface area contributed by atoms with E-state index in [1.165, 1.54) is 5.56 Å². The van der Waals surface area contributed by atoms with Crippen molar-refractivity contribution in [2.45, 2.75) is 32.7 Å². The van der Waals surface area contributed by atoms with Crippen molar-refractivity contribution in [3.8, 4) is 0 Å². The molecule has 0 aliphatic carbocycles. The Kier molecular flexibility index (Phi) is 6.22. The van der Waals surface area contributed by atoms with E-state index in [9.17, 15) is 0 Å². The second-order valence-electron chi connectivity index (χ2n) is 5.13. The van der Waals surface area contributed by atoms with Gasteiger partial charge in [0.1, 0.15) is 0 Å². The fourth-order valence-corrected chi connectivity index (χ4v) is 2.77. The highest BCUT2D eigenvalue weighted by Crippen LogP contribution is 2.26. The van der Waals surface area contributed by atoms with E-state index in [-0.39, 0.29) is 6.04 Å². The summed E-state index contributed by atoms with van der Waals surface area (Å²) in [4.78, 5) is 4.48. The van der Waals surface area contributed by atoms with Crippen LogP contribution in [-0.4, -0.2) is 11.5 Å². The van der Waals surface area contributed by atoms with Crippen LogP contribution in [0.5, 0.6) is 0 Å². The molecule has 4 heteroatoms. The third-order valence-electron chi connectivity index (χ3n) is 3.53. The monoisotopic (exact) mass is 366 g/mol. The molecule has 0 bridgehead atoms. The van der Waals surface area contributed by atoms with Gasteiger partial charge in [-0.15, -0.1) is 0 Å². The van der Waals surface area contributed by atoms with Crippen LogP contribution in [0.3, 0.4) is 0 Å². The molecule has 21 heavy (non-hydrogen) atoms. The van der Waals surface area contributed by atoms with Crippen molar-refractivity contribution < 1.29 is 0 Å².